The van der Waals surface area contributed by atoms with E-state index >= 15 is 0 Å². The van der Waals surface area contributed by atoms with Gasteiger partial charge in [0.15, 0.2) is 5.69 Å². The Bertz CT molecular complexity index is 325. The molecule has 0 saturated heterocycles. The average molecular weight is 164 g/mol. The van der Waals surface area contributed by atoms with Crippen LogP contribution in [0.5, 0.6) is 0 Å². The van der Waals surface area contributed by atoms with E-state index in [1.165, 1.54) is 0 Å². The Hall–Kier alpha value is -1.30. The standard InChI is InChI=1S/C9H12N2O/c1-6-7(5-10)11-12-8(6)9(2,3)4/h1-4H3. The van der Waals surface area contributed by atoms with Gasteiger partial charge in [0.25, 0.3) is 0 Å². The van der Waals surface area contributed by atoms with Crippen molar-refractivity contribution < 1.29 is 4.52 Å². The van der Waals surface area contributed by atoms with Gasteiger partial charge in [0.05, 0.1) is 0 Å². The van der Waals surface area contributed by atoms with Gasteiger partial charge in [-0.05, 0) is 6.92 Å². The highest BCUT2D eigenvalue weighted by atomic mass is 16.5. The molecule has 0 N–H and O–H groups in total. The number of nitriles is 1. The summed E-state index contributed by atoms with van der Waals surface area (Å²) in [7, 11) is 0. The van der Waals surface area contributed by atoms with Gasteiger partial charge in [-0.1, -0.05) is 25.9 Å². The number of hydrogen-bond acceptors (Lipinski definition) is 3. The van der Waals surface area contributed by atoms with Crippen molar-refractivity contribution in [2.45, 2.75) is 33.1 Å². The molecule has 1 heterocycles. The van der Waals surface area contributed by atoms with Crippen LogP contribution in [0.15, 0.2) is 4.52 Å². The van der Waals surface area contributed by atoms with Crippen LogP contribution in [0, 0.1) is 18.3 Å². The van der Waals surface area contributed by atoms with Gasteiger partial charge < -0.3 is 4.52 Å². The number of aromatic nitrogens is 1. The second kappa shape index (κ2) is 2.63. The molecule has 1 rings (SSSR count). The molecule has 0 spiro atoms. The van der Waals surface area contributed by atoms with Crippen molar-refractivity contribution in [2.75, 3.05) is 0 Å². The second-order valence-corrected chi connectivity index (χ2v) is 3.85. The normalized spacial score (nSPS) is 11.2. The summed E-state index contributed by atoms with van der Waals surface area (Å²) in [4.78, 5) is 0. The van der Waals surface area contributed by atoms with Gasteiger partial charge in [0.1, 0.15) is 11.8 Å². The summed E-state index contributed by atoms with van der Waals surface area (Å²) in [5.41, 5.74) is 1.16. The van der Waals surface area contributed by atoms with Crippen molar-refractivity contribution in [3.8, 4) is 6.07 Å². The Kier molecular flexibility index (Phi) is 1.93. The molecule has 0 atom stereocenters. The number of hydrogen-bond donors (Lipinski definition) is 0. The first kappa shape index (κ1) is 8.79. The zero-order valence-electron chi connectivity index (χ0n) is 7.80. The van der Waals surface area contributed by atoms with Gasteiger partial charge in [0, 0.05) is 11.0 Å². The molecule has 0 aliphatic rings. The van der Waals surface area contributed by atoms with E-state index in [1.54, 1.807) is 0 Å². The summed E-state index contributed by atoms with van der Waals surface area (Å²) in [5.74, 6) is 0.791. The SMILES string of the molecule is Cc1c(C#N)noc1C(C)(C)C. The molecule has 0 aromatic carbocycles. The van der Waals surface area contributed by atoms with Crippen LogP contribution >= 0.6 is 0 Å². The molecule has 3 heteroatoms. The van der Waals surface area contributed by atoms with Crippen LogP contribution in [0.4, 0.5) is 0 Å². The molecule has 12 heavy (non-hydrogen) atoms. The summed E-state index contributed by atoms with van der Waals surface area (Å²) < 4.78 is 5.08. The van der Waals surface area contributed by atoms with Crippen molar-refractivity contribution in [1.29, 1.82) is 5.26 Å². The zero-order valence-corrected chi connectivity index (χ0v) is 7.80. The molecule has 3 nitrogen and oxygen atoms in total. The molecule has 0 fully saturated rings. The molecule has 0 aliphatic carbocycles. The van der Waals surface area contributed by atoms with E-state index in [4.69, 9.17) is 9.78 Å². The molecule has 0 radical (unpaired) electrons. The average Bonchev–Trinajstić information content (AvgIpc) is 2.29. The van der Waals surface area contributed by atoms with Gasteiger partial charge in [-0.3, -0.25) is 0 Å². The Morgan fingerprint density at radius 3 is 2.25 bits per heavy atom. The first-order valence-electron chi connectivity index (χ1n) is 3.83. The molecule has 64 valence electrons. The largest absolute Gasteiger partial charge is 0.359 e. The predicted molar refractivity (Wildman–Crippen MR) is 44.7 cm³/mol. The molecule has 0 aliphatic heterocycles. The molecule has 0 bridgehead atoms. The van der Waals surface area contributed by atoms with Crippen LogP contribution in [-0.2, 0) is 5.41 Å². The maximum Gasteiger partial charge on any atom is 0.186 e. The zero-order chi connectivity index (χ0) is 9.35. The quantitative estimate of drug-likeness (QED) is 0.590. The summed E-state index contributed by atoms with van der Waals surface area (Å²) >= 11 is 0. The Morgan fingerprint density at radius 1 is 1.42 bits per heavy atom. The van der Waals surface area contributed by atoms with E-state index in [9.17, 15) is 0 Å². The third-order valence-electron chi connectivity index (χ3n) is 1.71. The van der Waals surface area contributed by atoms with Crippen LogP contribution in [0.1, 0.15) is 37.8 Å². The predicted octanol–water partition coefficient (Wildman–Crippen LogP) is 2.15. The Labute approximate surface area is 72.0 Å². The lowest BCUT2D eigenvalue weighted by Gasteiger charge is -2.14. The maximum atomic E-state index is 8.62. The van der Waals surface area contributed by atoms with Gasteiger partial charge in [-0.2, -0.15) is 5.26 Å². The fourth-order valence-electron chi connectivity index (χ4n) is 1.14. The van der Waals surface area contributed by atoms with E-state index in [0.29, 0.717) is 5.69 Å². The lowest BCUT2D eigenvalue weighted by atomic mass is 9.90. The topological polar surface area (TPSA) is 49.8 Å². The van der Waals surface area contributed by atoms with Crippen LogP contribution < -0.4 is 0 Å². The highest BCUT2D eigenvalue weighted by Gasteiger charge is 2.23. The summed E-state index contributed by atoms with van der Waals surface area (Å²) in [6.45, 7) is 7.95. The van der Waals surface area contributed by atoms with Gasteiger partial charge in [0.2, 0.25) is 0 Å². The fourth-order valence-corrected chi connectivity index (χ4v) is 1.14. The minimum absolute atomic E-state index is 0.0772. The molecular formula is C9H12N2O. The van der Waals surface area contributed by atoms with E-state index in [-0.39, 0.29) is 5.41 Å². The van der Waals surface area contributed by atoms with Gasteiger partial charge in [-0.25, -0.2) is 0 Å². The smallest absolute Gasteiger partial charge is 0.186 e. The first-order chi connectivity index (χ1) is 5.46. The van der Waals surface area contributed by atoms with Crippen LogP contribution in [-0.4, -0.2) is 5.16 Å². The molecular weight excluding hydrogens is 152 g/mol. The first-order valence-corrected chi connectivity index (χ1v) is 3.83. The number of rotatable bonds is 0. The fraction of sp³-hybridized carbons (Fsp3) is 0.556. The summed E-state index contributed by atoms with van der Waals surface area (Å²) in [6.07, 6.45) is 0. The molecule has 0 saturated carbocycles. The van der Waals surface area contributed by atoms with Crippen LogP contribution in [0.3, 0.4) is 0 Å². The third-order valence-corrected chi connectivity index (χ3v) is 1.71. The lowest BCUT2D eigenvalue weighted by molar-refractivity contribution is 0.327. The lowest BCUT2D eigenvalue weighted by Crippen LogP contribution is -2.11. The van der Waals surface area contributed by atoms with Gasteiger partial charge >= 0.3 is 0 Å². The molecule has 0 unspecified atom stereocenters. The maximum absolute atomic E-state index is 8.62. The van der Waals surface area contributed by atoms with E-state index in [2.05, 4.69) is 5.16 Å². The highest BCUT2D eigenvalue weighted by molar-refractivity contribution is 5.33. The highest BCUT2D eigenvalue weighted by Crippen LogP contribution is 2.26. The van der Waals surface area contributed by atoms with E-state index in [1.807, 2.05) is 33.8 Å². The molecule has 1 aromatic heterocycles. The van der Waals surface area contributed by atoms with Crippen molar-refractivity contribution >= 4 is 0 Å². The van der Waals surface area contributed by atoms with Gasteiger partial charge in [-0.15, -0.1) is 0 Å². The van der Waals surface area contributed by atoms with E-state index in [0.717, 1.165) is 11.3 Å². The van der Waals surface area contributed by atoms with Crippen molar-refractivity contribution in [3.63, 3.8) is 0 Å². The molecule has 0 amide bonds. The Morgan fingerprint density at radius 2 is 2.00 bits per heavy atom. The summed E-state index contributed by atoms with van der Waals surface area (Å²) in [5, 5.41) is 12.3. The van der Waals surface area contributed by atoms with Crippen molar-refractivity contribution in [1.82, 2.24) is 5.16 Å². The monoisotopic (exact) mass is 164 g/mol. The second-order valence-electron chi connectivity index (χ2n) is 3.85. The minimum atomic E-state index is -0.0772. The summed E-state index contributed by atoms with van der Waals surface area (Å²) in [6, 6.07) is 1.98. The minimum Gasteiger partial charge on any atom is -0.359 e. The molecule has 1 aromatic rings. The van der Waals surface area contributed by atoms with Crippen molar-refractivity contribution in [3.05, 3.63) is 17.0 Å². The Balaban J connectivity index is 3.22. The third kappa shape index (κ3) is 1.33. The van der Waals surface area contributed by atoms with Crippen molar-refractivity contribution in [2.24, 2.45) is 0 Å². The van der Waals surface area contributed by atoms with E-state index < -0.39 is 0 Å². The number of nitrogens with zero attached hydrogens (tertiary/aromatic N) is 2. The van der Waals surface area contributed by atoms with Crippen LogP contribution in [0.25, 0.3) is 0 Å². The van der Waals surface area contributed by atoms with Crippen LogP contribution in [0.2, 0.25) is 0 Å².